The summed E-state index contributed by atoms with van der Waals surface area (Å²) >= 11 is 0. The van der Waals surface area contributed by atoms with E-state index in [1.807, 2.05) is 0 Å². The fourth-order valence-electron chi connectivity index (χ4n) is 0.941. The predicted molar refractivity (Wildman–Crippen MR) is 57.4 cm³/mol. The number of nitrogens with two attached hydrogens (primary N) is 1. The standard InChI is InChI=1S/C10H19FN2O3/c1-10(2,11)9(15)13-6-7(12)4-5-8(14)16-3/h7H,4-6,12H2,1-3H3,(H,13,15)/t7-/m0/s1. The fraction of sp³-hybridized carbons (Fsp3) is 0.800. The van der Waals surface area contributed by atoms with Crippen molar-refractivity contribution in [3.63, 3.8) is 0 Å². The van der Waals surface area contributed by atoms with Crippen molar-refractivity contribution in [3.05, 3.63) is 0 Å². The van der Waals surface area contributed by atoms with Gasteiger partial charge in [-0.1, -0.05) is 0 Å². The van der Waals surface area contributed by atoms with Gasteiger partial charge in [-0.2, -0.15) is 0 Å². The molecular formula is C10H19FN2O3. The molecule has 0 spiro atoms. The summed E-state index contributed by atoms with van der Waals surface area (Å²) in [6, 6.07) is -0.384. The van der Waals surface area contributed by atoms with Crippen molar-refractivity contribution < 1.29 is 18.7 Å². The molecule has 0 aromatic rings. The molecule has 0 rings (SSSR count). The fourth-order valence-corrected chi connectivity index (χ4v) is 0.941. The minimum Gasteiger partial charge on any atom is -0.469 e. The van der Waals surface area contributed by atoms with Gasteiger partial charge in [0.25, 0.3) is 5.91 Å². The molecule has 0 radical (unpaired) electrons. The third-order valence-electron chi connectivity index (χ3n) is 2.01. The van der Waals surface area contributed by atoms with E-state index in [1.54, 1.807) is 0 Å². The second-order valence-corrected chi connectivity index (χ2v) is 4.06. The smallest absolute Gasteiger partial charge is 0.305 e. The highest BCUT2D eigenvalue weighted by Gasteiger charge is 2.26. The lowest BCUT2D eigenvalue weighted by molar-refractivity contribution is -0.140. The molecular weight excluding hydrogens is 215 g/mol. The van der Waals surface area contributed by atoms with Crippen LogP contribution in [0.1, 0.15) is 26.7 Å². The number of carbonyl (C=O) groups excluding carboxylic acids is 2. The largest absolute Gasteiger partial charge is 0.469 e. The lowest BCUT2D eigenvalue weighted by atomic mass is 10.1. The lowest BCUT2D eigenvalue weighted by Gasteiger charge is -2.16. The molecule has 94 valence electrons. The Bertz CT molecular complexity index is 251. The molecule has 0 aliphatic carbocycles. The zero-order valence-electron chi connectivity index (χ0n) is 9.88. The summed E-state index contributed by atoms with van der Waals surface area (Å²) in [5.74, 6) is -1.06. The average Bonchev–Trinajstić information content (AvgIpc) is 2.20. The number of carbonyl (C=O) groups is 2. The van der Waals surface area contributed by atoms with Gasteiger partial charge >= 0.3 is 5.97 Å². The molecule has 5 nitrogen and oxygen atoms in total. The maximum atomic E-state index is 13.1. The van der Waals surface area contributed by atoms with Crippen molar-refractivity contribution in [1.82, 2.24) is 5.32 Å². The van der Waals surface area contributed by atoms with Gasteiger partial charge in [0, 0.05) is 19.0 Å². The molecule has 0 saturated carbocycles. The first-order valence-electron chi connectivity index (χ1n) is 5.07. The highest BCUT2D eigenvalue weighted by atomic mass is 19.1. The lowest BCUT2D eigenvalue weighted by Crippen LogP contribution is -2.44. The molecule has 0 aliphatic rings. The molecule has 16 heavy (non-hydrogen) atoms. The zero-order valence-corrected chi connectivity index (χ0v) is 9.88. The van der Waals surface area contributed by atoms with Crippen molar-refractivity contribution in [3.8, 4) is 0 Å². The van der Waals surface area contributed by atoms with E-state index in [0.717, 1.165) is 0 Å². The molecule has 3 N–H and O–H groups in total. The van der Waals surface area contributed by atoms with Crippen LogP contribution in [-0.2, 0) is 14.3 Å². The van der Waals surface area contributed by atoms with Crippen molar-refractivity contribution in [2.45, 2.75) is 38.4 Å². The third-order valence-corrected chi connectivity index (χ3v) is 2.01. The Morgan fingerprint density at radius 1 is 1.50 bits per heavy atom. The van der Waals surface area contributed by atoms with Crippen LogP contribution in [-0.4, -0.2) is 37.2 Å². The Morgan fingerprint density at radius 2 is 2.06 bits per heavy atom. The Morgan fingerprint density at radius 3 is 2.50 bits per heavy atom. The van der Waals surface area contributed by atoms with Crippen LogP contribution in [0.3, 0.4) is 0 Å². The first-order chi connectivity index (χ1) is 7.27. The van der Waals surface area contributed by atoms with Crippen LogP contribution < -0.4 is 11.1 Å². The van der Waals surface area contributed by atoms with Crippen LogP contribution >= 0.6 is 0 Å². The molecule has 6 heteroatoms. The summed E-state index contributed by atoms with van der Waals surface area (Å²) in [7, 11) is 1.29. The quantitative estimate of drug-likeness (QED) is 0.640. The Balaban J connectivity index is 3.78. The predicted octanol–water partition coefficient (Wildman–Crippen LogP) is 0.131. The number of hydrogen-bond acceptors (Lipinski definition) is 4. The number of esters is 1. The number of methoxy groups -OCH3 is 1. The summed E-state index contributed by atoms with van der Waals surface area (Å²) in [4.78, 5) is 21.9. The summed E-state index contributed by atoms with van der Waals surface area (Å²) in [5.41, 5.74) is 3.71. The Kier molecular flexibility index (Phi) is 5.95. The Labute approximate surface area is 94.5 Å². The first kappa shape index (κ1) is 14.8. The molecule has 0 heterocycles. The number of hydrogen-bond donors (Lipinski definition) is 2. The number of amides is 1. The number of ether oxygens (including phenoxy) is 1. The molecule has 0 bridgehead atoms. The first-order valence-corrected chi connectivity index (χ1v) is 5.07. The van der Waals surface area contributed by atoms with Crippen LogP contribution in [0.15, 0.2) is 0 Å². The maximum Gasteiger partial charge on any atom is 0.305 e. The second-order valence-electron chi connectivity index (χ2n) is 4.06. The van der Waals surface area contributed by atoms with Crippen LogP contribution in [0.2, 0.25) is 0 Å². The number of halogens is 1. The van der Waals surface area contributed by atoms with E-state index in [9.17, 15) is 14.0 Å². The summed E-state index contributed by atoms with van der Waals surface area (Å²) in [6.07, 6.45) is 0.576. The summed E-state index contributed by atoms with van der Waals surface area (Å²) < 4.78 is 17.5. The monoisotopic (exact) mass is 234 g/mol. The maximum absolute atomic E-state index is 13.1. The Hall–Kier alpha value is -1.17. The van der Waals surface area contributed by atoms with E-state index in [1.165, 1.54) is 21.0 Å². The molecule has 0 aliphatic heterocycles. The molecule has 1 amide bonds. The van der Waals surface area contributed by atoms with Crippen LogP contribution in [0.25, 0.3) is 0 Å². The molecule has 1 atom stereocenters. The van der Waals surface area contributed by atoms with E-state index in [0.29, 0.717) is 6.42 Å². The van der Waals surface area contributed by atoms with E-state index < -0.39 is 11.6 Å². The van der Waals surface area contributed by atoms with Gasteiger partial charge in [0.15, 0.2) is 5.67 Å². The van der Waals surface area contributed by atoms with Gasteiger partial charge in [-0.3, -0.25) is 9.59 Å². The normalized spacial score (nSPS) is 13.1. The summed E-state index contributed by atoms with van der Waals surface area (Å²) in [5, 5.41) is 2.37. The minimum atomic E-state index is -1.91. The highest BCUT2D eigenvalue weighted by Crippen LogP contribution is 2.07. The van der Waals surface area contributed by atoms with E-state index >= 15 is 0 Å². The third kappa shape index (κ3) is 6.34. The topological polar surface area (TPSA) is 81.4 Å². The number of alkyl halides is 1. The van der Waals surface area contributed by atoms with Gasteiger partial charge in [-0.25, -0.2) is 4.39 Å². The van der Waals surface area contributed by atoms with Gasteiger partial charge in [0.05, 0.1) is 7.11 Å². The molecule has 0 saturated heterocycles. The van der Waals surface area contributed by atoms with E-state index in [4.69, 9.17) is 5.73 Å². The average molecular weight is 234 g/mol. The SMILES string of the molecule is COC(=O)CC[C@H](N)CNC(=O)C(C)(C)F. The van der Waals surface area contributed by atoms with Gasteiger partial charge in [-0.05, 0) is 20.3 Å². The number of rotatable bonds is 6. The van der Waals surface area contributed by atoms with Gasteiger partial charge in [0.2, 0.25) is 0 Å². The van der Waals surface area contributed by atoms with E-state index in [2.05, 4.69) is 10.1 Å². The minimum absolute atomic E-state index is 0.142. The van der Waals surface area contributed by atoms with Gasteiger partial charge in [0.1, 0.15) is 0 Å². The van der Waals surface area contributed by atoms with Crippen molar-refractivity contribution >= 4 is 11.9 Å². The van der Waals surface area contributed by atoms with Crippen molar-refractivity contribution in [2.24, 2.45) is 5.73 Å². The van der Waals surface area contributed by atoms with Gasteiger partial charge < -0.3 is 15.8 Å². The molecule has 0 unspecified atom stereocenters. The zero-order chi connectivity index (χ0) is 12.8. The molecule has 0 fully saturated rings. The number of nitrogens with one attached hydrogen (secondary N) is 1. The molecule has 0 aromatic heterocycles. The highest BCUT2D eigenvalue weighted by molar-refractivity contribution is 5.84. The van der Waals surface area contributed by atoms with Crippen LogP contribution in [0, 0.1) is 0 Å². The van der Waals surface area contributed by atoms with Crippen LogP contribution in [0.5, 0.6) is 0 Å². The van der Waals surface area contributed by atoms with Crippen molar-refractivity contribution in [2.75, 3.05) is 13.7 Å². The van der Waals surface area contributed by atoms with Crippen LogP contribution in [0.4, 0.5) is 4.39 Å². The van der Waals surface area contributed by atoms with Gasteiger partial charge in [-0.15, -0.1) is 0 Å². The second kappa shape index (κ2) is 6.42. The van der Waals surface area contributed by atoms with E-state index in [-0.39, 0.29) is 25.0 Å². The summed E-state index contributed by atoms with van der Waals surface area (Å²) in [6.45, 7) is 2.48. The van der Waals surface area contributed by atoms with Crippen molar-refractivity contribution in [1.29, 1.82) is 0 Å². The molecule has 0 aromatic carbocycles.